The Bertz CT molecular complexity index is 986. The van der Waals surface area contributed by atoms with Crippen molar-refractivity contribution < 1.29 is 18.7 Å². The van der Waals surface area contributed by atoms with Crippen LogP contribution in [0.1, 0.15) is 6.42 Å². The van der Waals surface area contributed by atoms with E-state index >= 15 is 0 Å². The molecule has 3 rings (SSSR count). The first-order chi connectivity index (χ1) is 12.5. The normalized spacial score (nSPS) is 10.7. The number of ether oxygens (including phenoxy) is 2. The molecular formula is C18H17ClN2O5. The lowest BCUT2D eigenvalue weighted by Gasteiger charge is -2.10. The molecule has 1 amide bonds. The molecule has 0 fully saturated rings. The van der Waals surface area contributed by atoms with Crippen molar-refractivity contribution in [2.45, 2.75) is 13.0 Å². The lowest BCUT2D eigenvalue weighted by molar-refractivity contribution is -0.116. The van der Waals surface area contributed by atoms with Gasteiger partial charge in [0.2, 0.25) is 5.91 Å². The number of carbonyl (C=O) groups is 1. The van der Waals surface area contributed by atoms with Crippen LogP contribution in [-0.4, -0.2) is 24.7 Å². The van der Waals surface area contributed by atoms with Crippen LogP contribution < -0.4 is 20.5 Å². The minimum atomic E-state index is -0.530. The van der Waals surface area contributed by atoms with E-state index in [4.69, 9.17) is 25.5 Å². The highest BCUT2D eigenvalue weighted by Gasteiger charge is 2.12. The first-order valence-corrected chi connectivity index (χ1v) is 8.20. The fourth-order valence-corrected chi connectivity index (χ4v) is 2.73. The molecule has 8 heteroatoms. The molecule has 0 aliphatic rings. The number of methoxy groups -OCH3 is 2. The number of rotatable bonds is 6. The lowest BCUT2D eigenvalue weighted by atomic mass is 10.2. The second kappa shape index (κ2) is 7.53. The molecule has 0 saturated carbocycles. The second-order valence-electron chi connectivity index (χ2n) is 5.53. The Balaban J connectivity index is 1.72. The van der Waals surface area contributed by atoms with E-state index < -0.39 is 5.76 Å². The van der Waals surface area contributed by atoms with Crippen molar-refractivity contribution >= 4 is 34.3 Å². The number of hydrogen-bond donors (Lipinski definition) is 1. The number of oxazole rings is 1. The summed E-state index contributed by atoms with van der Waals surface area (Å²) in [6.07, 6.45) is 0.0939. The van der Waals surface area contributed by atoms with E-state index in [-0.39, 0.29) is 18.9 Å². The average molecular weight is 377 g/mol. The second-order valence-corrected chi connectivity index (χ2v) is 5.97. The van der Waals surface area contributed by atoms with Crippen LogP contribution in [0.4, 0.5) is 5.69 Å². The third-order valence-electron chi connectivity index (χ3n) is 3.83. The van der Waals surface area contributed by atoms with E-state index in [2.05, 4.69) is 5.32 Å². The van der Waals surface area contributed by atoms with Gasteiger partial charge in [-0.3, -0.25) is 9.36 Å². The number of amides is 1. The minimum absolute atomic E-state index is 0.0939. The van der Waals surface area contributed by atoms with Gasteiger partial charge in [0.1, 0.15) is 11.5 Å². The van der Waals surface area contributed by atoms with Gasteiger partial charge in [-0.2, -0.15) is 0 Å². The Morgan fingerprint density at radius 2 is 1.85 bits per heavy atom. The van der Waals surface area contributed by atoms with Gasteiger partial charge in [-0.1, -0.05) is 11.6 Å². The van der Waals surface area contributed by atoms with Crippen LogP contribution in [0.2, 0.25) is 5.02 Å². The predicted octanol–water partition coefficient (Wildman–Crippen LogP) is 3.29. The quantitative estimate of drug-likeness (QED) is 0.713. The molecular weight excluding hydrogens is 360 g/mol. The van der Waals surface area contributed by atoms with Crippen LogP contribution in [-0.2, 0) is 11.3 Å². The van der Waals surface area contributed by atoms with Crippen molar-refractivity contribution in [2.24, 2.45) is 0 Å². The molecule has 0 aliphatic heterocycles. The summed E-state index contributed by atoms with van der Waals surface area (Å²) >= 11 is 5.89. The van der Waals surface area contributed by atoms with Crippen molar-refractivity contribution in [1.29, 1.82) is 0 Å². The number of carbonyl (C=O) groups excluding carboxylic acids is 1. The van der Waals surface area contributed by atoms with Crippen molar-refractivity contribution in [1.82, 2.24) is 4.57 Å². The number of aryl methyl sites for hydroxylation is 1. The van der Waals surface area contributed by atoms with E-state index in [1.165, 1.54) is 18.8 Å². The molecule has 1 heterocycles. The highest BCUT2D eigenvalue weighted by atomic mass is 35.5. The average Bonchev–Trinajstić information content (AvgIpc) is 2.93. The zero-order chi connectivity index (χ0) is 18.7. The highest BCUT2D eigenvalue weighted by molar-refractivity contribution is 6.31. The van der Waals surface area contributed by atoms with Gasteiger partial charge in [-0.25, -0.2) is 4.79 Å². The smallest absolute Gasteiger partial charge is 0.419 e. The Labute approximate surface area is 154 Å². The molecule has 26 heavy (non-hydrogen) atoms. The summed E-state index contributed by atoms with van der Waals surface area (Å²) in [7, 11) is 3.06. The van der Waals surface area contributed by atoms with E-state index in [0.717, 1.165) is 0 Å². The molecule has 136 valence electrons. The largest absolute Gasteiger partial charge is 0.497 e. The fourth-order valence-electron chi connectivity index (χ4n) is 2.57. The molecule has 0 bridgehead atoms. The third-order valence-corrected chi connectivity index (χ3v) is 4.06. The molecule has 2 aromatic carbocycles. The zero-order valence-corrected chi connectivity index (χ0v) is 15.0. The Morgan fingerprint density at radius 1 is 1.15 bits per heavy atom. The summed E-state index contributed by atoms with van der Waals surface area (Å²) in [6, 6.07) is 9.99. The van der Waals surface area contributed by atoms with Gasteiger partial charge in [-0.15, -0.1) is 0 Å². The van der Waals surface area contributed by atoms with Gasteiger partial charge in [-0.05, 0) is 12.1 Å². The van der Waals surface area contributed by atoms with Crippen LogP contribution >= 0.6 is 11.6 Å². The van der Waals surface area contributed by atoms with Crippen molar-refractivity contribution in [3.8, 4) is 11.5 Å². The first kappa shape index (κ1) is 17.9. The Hall–Kier alpha value is -2.93. The first-order valence-electron chi connectivity index (χ1n) is 7.82. The summed E-state index contributed by atoms with van der Waals surface area (Å²) < 4.78 is 16.9. The van der Waals surface area contributed by atoms with Crippen LogP contribution in [0.3, 0.4) is 0 Å². The molecule has 0 spiro atoms. The summed E-state index contributed by atoms with van der Waals surface area (Å²) in [5.74, 6) is 0.343. The standard InChI is InChI=1S/C18H17ClN2O5/c1-24-13-8-12(9-14(10-13)25-2)20-17(22)5-6-21-15-4-3-11(19)7-16(15)26-18(21)23/h3-4,7-10H,5-6H2,1-2H3,(H,20,22). The van der Waals surface area contributed by atoms with Crippen LogP contribution in [0.25, 0.3) is 11.1 Å². The maximum absolute atomic E-state index is 12.2. The van der Waals surface area contributed by atoms with Crippen LogP contribution in [0, 0.1) is 0 Å². The van der Waals surface area contributed by atoms with E-state index in [9.17, 15) is 9.59 Å². The van der Waals surface area contributed by atoms with Crippen molar-refractivity contribution in [3.05, 3.63) is 52.0 Å². The molecule has 0 radical (unpaired) electrons. The number of nitrogens with zero attached hydrogens (tertiary/aromatic N) is 1. The van der Waals surface area contributed by atoms with E-state index in [1.54, 1.807) is 36.4 Å². The van der Waals surface area contributed by atoms with E-state index in [0.29, 0.717) is 33.3 Å². The molecule has 0 unspecified atom stereocenters. The van der Waals surface area contributed by atoms with E-state index in [1.807, 2.05) is 0 Å². The monoisotopic (exact) mass is 376 g/mol. The number of fused-ring (bicyclic) bond motifs is 1. The fraction of sp³-hybridized carbons (Fsp3) is 0.222. The topological polar surface area (TPSA) is 82.7 Å². The van der Waals surface area contributed by atoms with Crippen molar-refractivity contribution in [2.75, 3.05) is 19.5 Å². The number of benzene rings is 2. The predicted molar refractivity (Wildman–Crippen MR) is 98.3 cm³/mol. The third kappa shape index (κ3) is 3.83. The summed E-state index contributed by atoms with van der Waals surface area (Å²) in [4.78, 5) is 24.2. The highest BCUT2D eigenvalue weighted by Crippen LogP contribution is 2.26. The van der Waals surface area contributed by atoms with Gasteiger partial charge in [0, 0.05) is 47.9 Å². The van der Waals surface area contributed by atoms with Crippen molar-refractivity contribution in [3.63, 3.8) is 0 Å². The number of nitrogens with one attached hydrogen (secondary N) is 1. The lowest BCUT2D eigenvalue weighted by Crippen LogP contribution is -2.19. The molecule has 0 saturated heterocycles. The summed E-state index contributed by atoms with van der Waals surface area (Å²) in [5, 5.41) is 3.24. The van der Waals surface area contributed by atoms with Gasteiger partial charge in [0.25, 0.3) is 0 Å². The summed E-state index contributed by atoms with van der Waals surface area (Å²) in [5.41, 5.74) is 1.53. The maximum atomic E-state index is 12.2. The Morgan fingerprint density at radius 3 is 2.50 bits per heavy atom. The molecule has 7 nitrogen and oxygen atoms in total. The van der Waals surface area contributed by atoms with Gasteiger partial charge in [0.15, 0.2) is 5.58 Å². The van der Waals surface area contributed by atoms with Gasteiger partial charge in [0.05, 0.1) is 19.7 Å². The number of anilines is 1. The van der Waals surface area contributed by atoms with Crippen LogP contribution in [0.15, 0.2) is 45.6 Å². The molecule has 3 aromatic rings. The maximum Gasteiger partial charge on any atom is 0.419 e. The Kier molecular flexibility index (Phi) is 5.18. The molecule has 0 atom stereocenters. The molecule has 1 N–H and O–H groups in total. The SMILES string of the molecule is COc1cc(NC(=O)CCn2c(=O)oc3cc(Cl)ccc32)cc(OC)c1. The molecule has 1 aromatic heterocycles. The number of aromatic nitrogens is 1. The number of hydrogen-bond acceptors (Lipinski definition) is 5. The van der Waals surface area contributed by atoms with Gasteiger partial charge >= 0.3 is 5.76 Å². The van der Waals surface area contributed by atoms with Crippen LogP contribution in [0.5, 0.6) is 11.5 Å². The zero-order valence-electron chi connectivity index (χ0n) is 14.2. The van der Waals surface area contributed by atoms with Gasteiger partial charge < -0.3 is 19.2 Å². The number of halogens is 1. The summed E-state index contributed by atoms with van der Waals surface area (Å²) in [6.45, 7) is 0.181. The molecule has 0 aliphatic carbocycles. The minimum Gasteiger partial charge on any atom is -0.497 e.